The zero-order chi connectivity index (χ0) is 19.4. The van der Waals surface area contributed by atoms with Crippen LogP contribution in [-0.4, -0.2) is 18.4 Å². The Hall–Kier alpha value is -2.23. The van der Waals surface area contributed by atoms with Crippen LogP contribution in [0.15, 0.2) is 30.3 Å². The fourth-order valence-electron chi connectivity index (χ4n) is 2.72. The fraction of sp³-hybridized carbons (Fsp3) is 0.263. The molecule has 0 aromatic heterocycles. The maximum Gasteiger partial charge on any atom is 0.224 e. The van der Waals surface area contributed by atoms with Crippen LogP contribution in [0.5, 0.6) is 5.75 Å². The van der Waals surface area contributed by atoms with Crippen LogP contribution in [0.2, 0.25) is 0 Å². The van der Waals surface area contributed by atoms with Crippen molar-refractivity contribution in [3.05, 3.63) is 51.1 Å². The van der Waals surface area contributed by atoms with Crippen molar-refractivity contribution in [2.45, 2.75) is 25.7 Å². The Labute approximate surface area is 168 Å². The molecule has 8 heteroatoms. The predicted molar refractivity (Wildman–Crippen MR) is 106 cm³/mol. The molecule has 0 fully saturated rings. The van der Waals surface area contributed by atoms with Gasteiger partial charge in [-0.3, -0.25) is 9.59 Å². The lowest BCUT2D eigenvalue weighted by Gasteiger charge is -2.17. The van der Waals surface area contributed by atoms with E-state index in [1.54, 1.807) is 34.7 Å². The Morgan fingerprint density at radius 2 is 1.93 bits per heavy atom. The van der Waals surface area contributed by atoms with Crippen molar-refractivity contribution >= 4 is 45.8 Å². The maximum absolute atomic E-state index is 13.5. The highest BCUT2D eigenvalue weighted by molar-refractivity contribution is 14.1. The molecule has 3 rings (SSSR count). The molecule has 142 valence electrons. The second kappa shape index (κ2) is 8.64. The second-order valence-corrected chi connectivity index (χ2v) is 7.20. The molecule has 5 nitrogen and oxygen atoms in total. The largest absolute Gasteiger partial charge is 0.494 e. The molecule has 2 aromatic carbocycles. The van der Waals surface area contributed by atoms with E-state index in [0.717, 1.165) is 23.4 Å². The second-order valence-electron chi connectivity index (χ2n) is 6.12. The van der Waals surface area contributed by atoms with Gasteiger partial charge in [-0.2, -0.15) is 0 Å². The van der Waals surface area contributed by atoms with Crippen molar-refractivity contribution in [1.82, 2.24) is 0 Å². The van der Waals surface area contributed by atoms with Crippen LogP contribution in [0.1, 0.15) is 24.8 Å². The van der Waals surface area contributed by atoms with Crippen LogP contribution in [-0.2, 0) is 16.0 Å². The van der Waals surface area contributed by atoms with Crippen LogP contribution in [0.3, 0.4) is 0 Å². The zero-order valence-electron chi connectivity index (χ0n) is 14.3. The summed E-state index contributed by atoms with van der Waals surface area (Å²) in [6, 6.07) is 7.62. The Balaban J connectivity index is 1.45. The normalized spacial score (nSPS) is 12.9. The van der Waals surface area contributed by atoms with Gasteiger partial charge in [-0.15, -0.1) is 0 Å². The van der Waals surface area contributed by atoms with Gasteiger partial charge >= 0.3 is 0 Å². The van der Waals surface area contributed by atoms with Crippen LogP contribution >= 0.6 is 22.6 Å². The summed E-state index contributed by atoms with van der Waals surface area (Å²) in [4.78, 5) is 23.2. The van der Waals surface area contributed by atoms with Gasteiger partial charge in [0.1, 0.15) is 17.4 Å². The number of hydrogen-bond donors (Lipinski definition) is 2. The molecule has 0 saturated heterocycles. The number of carbonyl (C=O) groups excluding carboxylic acids is 2. The zero-order valence-corrected chi connectivity index (χ0v) is 16.4. The molecule has 27 heavy (non-hydrogen) atoms. The van der Waals surface area contributed by atoms with Crippen molar-refractivity contribution in [3.8, 4) is 5.75 Å². The molecular weight excluding hydrogens is 469 g/mol. The molecule has 0 unspecified atom stereocenters. The van der Waals surface area contributed by atoms with E-state index in [1.165, 1.54) is 0 Å². The molecule has 2 N–H and O–H groups in total. The molecule has 1 aliphatic rings. The standard InChI is InChI=1S/C19H17F2IN2O3/c20-14-9-12(10-15(21)19(14)22)23-17(25)2-1-7-27-13-4-5-16-11(8-13)3-6-18(26)24-16/h4-5,8-10H,1-3,6-7H2,(H,23,25)(H,24,26). The number of amides is 2. The molecule has 1 aliphatic heterocycles. The molecule has 1 heterocycles. The smallest absolute Gasteiger partial charge is 0.224 e. The first-order valence-electron chi connectivity index (χ1n) is 8.42. The molecular formula is C19H17F2IN2O3. The lowest BCUT2D eigenvalue weighted by Crippen LogP contribution is -2.18. The van der Waals surface area contributed by atoms with Crippen LogP contribution < -0.4 is 15.4 Å². The first-order valence-corrected chi connectivity index (χ1v) is 9.50. The van der Waals surface area contributed by atoms with E-state index in [4.69, 9.17) is 4.74 Å². The van der Waals surface area contributed by atoms with Crippen molar-refractivity contribution in [1.29, 1.82) is 0 Å². The van der Waals surface area contributed by atoms with Crippen LogP contribution in [0.25, 0.3) is 0 Å². The predicted octanol–water partition coefficient (Wildman–Crippen LogP) is 4.25. The maximum atomic E-state index is 13.5. The van der Waals surface area contributed by atoms with Gasteiger partial charge in [0.05, 0.1) is 10.2 Å². The summed E-state index contributed by atoms with van der Waals surface area (Å²) in [5, 5.41) is 5.28. The summed E-state index contributed by atoms with van der Waals surface area (Å²) in [6.45, 7) is 0.327. The monoisotopic (exact) mass is 486 g/mol. The molecule has 0 spiro atoms. The molecule has 2 aromatic rings. The molecule has 0 aliphatic carbocycles. The summed E-state index contributed by atoms with van der Waals surface area (Å²) in [5.74, 6) is -1.08. The Bertz CT molecular complexity index is 866. The number of nitrogens with one attached hydrogen (secondary N) is 2. The van der Waals surface area contributed by atoms with Gasteiger partial charge in [0.2, 0.25) is 11.8 Å². The Morgan fingerprint density at radius 3 is 2.67 bits per heavy atom. The first-order chi connectivity index (χ1) is 12.9. The van der Waals surface area contributed by atoms with E-state index >= 15 is 0 Å². The Morgan fingerprint density at radius 1 is 1.19 bits per heavy atom. The van der Waals surface area contributed by atoms with E-state index in [1.807, 2.05) is 6.07 Å². The molecule has 0 saturated carbocycles. The van der Waals surface area contributed by atoms with E-state index in [2.05, 4.69) is 10.6 Å². The van der Waals surface area contributed by atoms with Crippen LogP contribution in [0, 0.1) is 15.2 Å². The lowest BCUT2D eigenvalue weighted by molar-refractivity contribution is -0.117. The molecule has 2 amide bonds. The number of fused-ring (bicyclic) bond motifs is 1. The summed E-state index contributed by atoms with van der Waals surface area (Å²) in [7, 11) is 0. The number of anilines is 2. The first kappa shape index (κ1) is 19.5. The van der Waals surface area contributed by atoms with Crippen molar-refractivity contribution in [3.63, 3.8) is 0 Å². The number of ether oxygens (including phenoxy) is 1. The third-order valence-corrected chi connectivity index (χ3v) is 5.09. The van der Waals surface area contributed by atoms with E-state index in [9.17, 15) is 18.4 Å². The highest BCUT2D eigenvalue weighted by Crippen LogP contribution is 2.27. The summed E-state index contributed by atoms with van der Waals surface area (Å²) in [6.07, 6.45) is 1.74. The number of halogens is 3. The number of carbonyl (C=O) groups is 2. The highest BCUT2D eigenvalue weighted by Gasteiger charge is 2.15. The van der Waals surface area contributed by atoms with E-state index in [-0.39, 0.29) is 27.5 Å². The van der Waals surface area contributed by atoms with E-state index in [0.29, 0.717) is 31.6 Å². The number of aryl methyl sites for hydroxylation is 1. The Kier molecular flexibility index (Phi) is 6.25. The van der Waals surface area contributed by atoms with Crippen LogP contribution in [0.4, 0.5) is 20.2 Å². The average Bonchev–Trinajstić information content (AvgIpc) is 2.63. The van der Waals surface area contributed by atoms with Gasteiger partial charge in [-0.25, -0.2) is 8.78 Å². The summed E-state index contributed by atoms with van der Waals surface area (Å²) in [5.41, 5.74) is 1.91. The molecule has 0 radical (unpaired) electrons. The van der Waals surface area contributed by atoms with E-state index < -0.39 is 11.6 Å². The molecule has 0 atom stereocenters. The quantitative estimate of drug-likeness (QED) is 0.365. The minimum atomic E-state index is -0.710. The van der Waals surface area contributed by atoms with Gasteiger partial charge in [0.15, 0.2) is 0 Å². The number of benzene rings is 2. The van der Waals surface area contributed by atoms with Gasteiger partial charge in [0, 0.05) is 24.2 Å². The topological polar surface area (TPSA) is 67.4 Å². The van der Waals surface area contributed by atoms with Crippen molar-refractivity contribution in [2.75, 3.05) is 17.2 Å². The number of rotatable bonds is 6. The van der Waals surface area contributed by atoms with Gasteiger partial charge in [-0.1, -0.05) is 0 Å². The molecule has 0 bridgehead atoms. The minimum Gasteiger partial charge on any atom is -0.494 e. The summed E-state index contributed by atoms with van der Waals surface area (Å²) < 4.78 is 32.5. The highest BCUT2D eigenvalue weighted by atomic mass is 127. The third kappa shape index (κ3) is 5.15. The van der Waals surface area contributed by atoms with Gasteiger partial charge in [-0.05, 0) is 71.3 Å². The van der Waals surface area contributed by atoms with Gasteiger partial charge < -0.3 is 15.4 Å². The number of hydrogen-bond acceptors (Lipinski definition) is 3. The minimum absolute atomic E-state index is 0.00933. The van der Waals surface area contributed by atoms with Gasteiger partial charge in [0.25, 0.3) is 0 Å². The SMILES string of the molecule is O=C(CCCOc1ccc2c(c1)CCC(=O)N2)Nc1cc(F)c(I)c(F)c1. The average molecular weight is 486 g/mol. The summed E-state index contributed by atoms with van der Waals surface area (Å²) >= 11 is 1.57. The third-order valence-electron chi connectivity index (χ3n) is 4.06. The van der Waals surface area contributed by atoms with Crippen molar-refractivity contribution in [2.24, 2.45) is 0 Å². The lowest BCUT2D eigenvalue weighted by atomic mass is 10.0. The van der Waals surface area contributed by atoms with Crippen molar-refractivity contribution < 1.29 is 23.1 Å². The fourth-order valence-corrected chi connectivity index (χ4v) is 3.03.